The van der Waals surface area contributed by atoms with Gasteiger partial charge in [0.25, 0.3) is 0 Å². The molecule has 100 valence electrons. The molecule has 0 aliphatic heterocycles. The van der Waals surface area contributed by atoms with Crippen molar-refractivity contribution < 1.29 is 4.21 Å². The molecule has 19 heavy (non-hydrogen) atoms. The minimum atomic E-state index is -1.31. The third kappa shape index (κ3) is 3.63. The number of rotatable bonds is 3. The van der Waals surface area contributed by atoms with Crippen LogP contribution >= 0.6 is 34.8 Å². The van der Waals surface area contributed by atoms with Crippen LogP contribution in [0.25, 0.3) is 0 Å². The van der Waals surface area contributed by atoms with E-state index in [1.807, 2.05) is 0 Å². The van der Waals surface area contributed by atoms with Gasteiger partial charge in [0.1, 0.15) is 0 Å². The smallest absolute Gasteiger partial charge is 0.0598 e. The van der Waals surface area contributed by atoms with Gasteiger partial charge in [0.2, 0.25) is 0 Å². The van der Waals surface area contributed by atoms with E-state index in [0.717, 1.165) is 5.56 Å². The molecule has 0 radical (unpaired) electrons. The average molecular weight is 335 g/mol. The van der Waals surface area contributed by atoms with Crippen molar-refractivity contribution in [1.29, 1.82) is 0 Å². The van der Waals surface area contributed by atoms with Gasteiger partial charge in [-0.05, 0) is 35.9 Å². The Morgan fingerprint density at radius 3 is 2.42 bits per heavy atom. The third-order valence-electron chi connectivity index (χ3n) is 2.50. The molecule has 2 N–H and O–H groups in total. The highest BCUT2D eigenvalue weighted by atomic mass is 35.5. The standard InChI is InChI=1S/C13H10Cl3NOS/c14-9-2-1-8(12(16)5-9)7-19(18)13-6-10(17)3-4-11(13)15/h1-6H,7,17H2. The summed E-state index contributed by atoms with van der Waals surface area (Å²) in [4.78, 5) is 0.507. The van der Waals surface area contributed by atoms with E-state index in [1.165, 1.54) is 0 Å². The molecule has 6 heteroatoms. The summed E-state index contributed by atoms with van der Waals surface area (Å²) in [6.45, 7) is 0. The Labute approximate surface area is 128 Å². The number of hydrogen-bond acceptors (Lipinski definition) is 2. The molecule has 0 amide bonds. The minimum absolute atomic E-state index is 0.263. The summed E-state index contributed by atoms with van der Waals surface area (Å²) >= 11 is 17.9. The fourth-order valence-electron chi connectivity index (χ4n) is 1.55. The average Bonchev–Trinajstić information content (AvgIpc) is 2.35. The minimum Gasteiger partial charge on any atom is -0.399 e. The van der Waals surface area contributed by atoms with E-state index in [2.05, 4.69) is 0 Å². The largest absolute Gasteiger partial charge is 0.399 e. The van der Waals surface area contributed by atoms with E-state index >= 15 is 0 Å². The maximum absolute atomic E-state index is 12.3. The van der Waals surface area contributed by atoms with E-state index in [4.69, 9.17) is 40.5 Å². The van der Waals surface area contributed by atoms with Crippen molar-refractivity contribution in [2.45, 2.75) is 10.6 Å². The number of nitrogens with two attached hydrogens (primary N) is 1. The lowest BCUT2D eigenvalue weighted by Crippen LogP contribution is -1.99. The van der Waals surface area contributed by atoms with Crippen molar-refractivity contribution >= 4 is 51.3 Å². The first-order valence-corrected chi connectivity index (χ1v) is 7.80. The van der Waals surface area contributed by atoms with Crippen LogP contribution in [-0.2, 0) is 16.6 Å². The van der Waals surface area contributed by atoms with Crippen molar-refractivity contribution in [3.05, 3.63) is 57.0 Å². The van der Waals surface area contributed by atoms with Crippen LogP contribution in [0.2, 0.25) is 15.1 Å². The maximum Gasteiger partial charge on any atom is 0.0598 e. The fourth-order valence-corrected chi connectivity index (χ4v) is 3.73. The van der Waals surface area contributed by atoms with Crippen molar-refractivity contribution in [2.75, 3.05) is 5.73 Å². The Bertz CT molecular complexity index is 646. The molecule has 2 rings (SSSR count). The molecular formula is C13H10Cl3NOS. The summed E-state index contributed by atoms with van der Waals surface area (Å²) in [6.07, 6.45) is 0. The Morgan fingerprint density at radius 1 is 1.00 bits per heavy atom. The molecule has 0 aliphatic rings. The van der Waals surface area contributed by atoms with E-state index in [-0.39, 0.29) is 5.75 Å². The Balaban J connectivity index is 2.28. The molecule has 0 spiro atoms. The molecule has 1 atom stereocenters. The summed E-state index contributed by atoms with van der Waals surface area (Å²) in [5, 5.41) is 1.46. The molecule has 0 saturated heterocycles. The van der Waals surface area contributed by atoms with Crippen LogP contribution in [-0.4, -0.2) is 4.21 Å². The lowest BCUT2D eigenvalue weighted by Gasteiger charge is -2.07. The van der Waals surface area contributed by atoms with Gasteiger partial charge in [-0.2, -0.15) is 0 Å². The van der Waals surface area contributed by atoms with E-state index in [1.54, 1.807) is 36.4 Å². The second kappa shape index (κ2) is 6.14. The van der Waals surface area contributed by atoms with Gasteiger partial charge < -0.3 is 5.73 Å². The molecule has 0 saturated carbocycles. The number of hydrogen-bond donors (Lipinski definition) is 1. The first kappa shape index (κ1) is 14.7. The SMILES string of the molecule is Nc1ccc(Cl)c(S(=O)Cc2ccc(Cl)cc2Cl)c1. The van der Waals surface area contributed by atoms with E-state index < -0.39 is 10.8 Å². The molecule has 0 aliphatic carbocycles. The summed E-state index contributed by atoms with van der Waals surface area (Å²) in [5.74, 6) is 0.263. The van der Waals surface area contributed by atoms with Crippen molar-refractivity contribution in [3.8, 4) is 0 Å². The highest BCUT2D eigenvalue weighted by molar-refractivity contribution is 7.84. The van der Waals surface area contributed by atoms with E-state index in [9.17, 15) is 4.21 Å². The van der Waals surface area contributed by atoms with E-state index in [0.29, 0.717) is 25.7 Å². The number of nitrogen functional groups attached to an aromatic ring is 1. The van der Waals surface area contributed by atoms with Gasteiger partial charge >= 0.3 is 0 Å². The first-order valence-electron chi connectivity index (χ1n) is 5.34. The van der Waals surface area contributed by atoms with Crippen LogP contribution in [0.1, 0.15) is 5.56 Å². The maximum atomic E-state index is 12.3. The summed E-state index contributed by atoms with van der Waals surface area (Å²) in [6, 6.07) is 9.99. The van der Waals surface area contributed by atoms with Crippen LogP contribution in [0.4, 0.5) is 5.69 Å². The van der Waals surface area contributed by atoms with Crippen LogP contribution < -0.4 is 5.73 Å². The highest BCUT2D eigenvalue weighted by Gasteiger charge is 2.12. The van der Waals surface area contributed by atoms with Gasteiger partial charge in [0, 0.05) is 15.7 Å². The number of benzene rings is 2. The predicted molar refractivity (Wildman–Crippen MR) is 82.4 cm³/mol. The normalized spacial score (nSPS) is 12.4. The van der Waals surface area contributed by atoms with Crippen molar-refractivity contribution in [3.63, 3.8) is 0 Å². The van der Waals surface area contributed by atoms with Gasteiger partial charge in [-0.25, -0.2) is 0 Å². The van der Waals surface area contributed by atoms with Crippen LogP contribution in [0.15, 0.2) is 41.3 Å². The summed E-state index contributed by atoms with van der Waals surface area (Å²) < 4.78 is 12.3. The zero-order valence-electron chi connectivity index (χ0n) is 9.70. The molecule has 2 nitrogen and oxygen atoms in total. The number of halogens is 3. The summed E-state index contributed by atoms with van der Waals surface area (Å²) in [5.41, 5.74) is 6.95. The molecule has 2 aromatic carbocycles. The Hall–Kier alpha value is -0.740. The lowest BCUT2D eigenvalue weighted by atomic mass is 10.2. The van der Waals surface area contributed by atoms with Gasteiger partial charge in [0.15, 0.2) is 0 Å². The zero-order chi connectivity index (χ0) is 14.0. The van der Waals surface area contributed by atoms with Crippen LogP contribution in [0.3, 0.4) is 0 Å². The van der Waals surface area contributed by atoms with Gasteiger partial charge in [-0.3, -0.25) is 4.21 Å². The first-order chi connectivity index (χ1) is 8.97. The molecule has 0 bridgehead atoms. The third-order valence-corrected chi connectivity index (χ3v) is 4.93. The van der Waals surface area contributed by atoms with Crippen molar-refractivity contribution in [2.24, 2.45) is 0 Å². The highest BCUT2D eigenvalue weighted by Crippen LogP contribution is 2.27. The van der Waals surface area contributed by atoms with Crippen LogP contribution in [0.5, 0.6) is 0 Å². The zero-order valence-corrected chi connectivity index (χ0v) is 12.8. The monoisotopic (exact) mass is 333 g/mol. The van der Waals surface area contributed by atoms with Gasteiger partial charge in [0.05, 0.1) is 26.5 Å². The molecule has 0 aromatic heterocycles. The fraction of sp³-hybridized carbons (Fsp3) is 0.0769. The Morgan fingerprint density at radius 2 is 1.74 bits per heavy atom. The molecule has 2 aromatic rings. The molecule has 0 heterocycles. The molecular weight excluding hydrogens is 325 g/mol. The second-order valence-corrected chi connectivity index (χ2v) is 6.59. The lowest BCUT2D eigenvalue weighted by molar-refractivity contribution is 0.682. The van der Waals surface area contributed by atoms with Crippen LogP contribution in [0, 0.1) is 0 Å². The van der Waals surface area contributed by atoms with Crippen molar-refractivity contribution in [1.82, 2.24) is 0 Å². The number of anilines is 1. The summed E-state index contributed by atoms with van der Waals surface area (Å²) in [7, 11) is -1.31. The topological polar surface area (TPSA) is 43.1 Å². The predicted octanol–water partition coefficient (Wildman–Crippen LogP) is 4.54. The van der Waals surface area contributed by atoms with Gasteiger partial charge in [-0.1, -0.05) is 40.9 Å². The molecule has 0 fully saturated rings. The molecule has 1 unspecified atom stereocenters. The van der Waals surface area contributed by atoms with Gasteiger partial charge in [-0.15, -0.1) is 0 Å². The Kier molecular flexibility index (Phi) is 4.74. The quantitative estimate of drug-likeness (QED) is 0.838. The second-order valence-electron chi connectivity index (χ2n) is 3.92.